The summed E-state index contributed by atoms with van der Waals surface area (Å²) in [7, 11) is 0. The monoisotopic (exact) mass is 1100 g/mol. The van der Waals surface area contributed by atoms with Gasteiger partial charge in [0.15, 0.2) is 0 Å². The van der Waals surface area contributed by atoms with E-state index in [0.717, 1.165) is 0 Å². The number of rotatable bonds is 37. The number of carboxylic acids is 3. The van der Waals surface area contributed by atoms with Crippen LogP contribution in [0.3, 0.4) is 0 Å². The summed E-state index contributed by atoms with van der Waals surface area (Å²) in [6.07, 6.45) is -1.81. The van der Waals surface area contributed by atoms with Crippen LogP contribution in [0.5, 0.6) is 0 Å². The van der Waals surface area contributed by atoms with Crippen molar-refractivity contribution in [3.63, 3.8) is 0 Å². The standard InChI is InChI=1S/C49H85N11O17/c1-12-25(9)38(59-41(68)28(50)14-16-35(63)64)47(74)53-29(15-17-36(65)66)42(69)52-27(11)40(67)58-37(24(7)8)46(73)54-31(19-23(5)6)44(71)57-33(21-61)45(72)60-39(26(10)13-2)48(75)55-30(18-22(3)4)43(70)56-32(49(76)77)20-34(51)62/h22-33,37-39,61H,12-21,50H2,1-11H3,(H2,51,62)(H,52,69)(H,53,74)(H,54,73)(H,55,75)(H,56,70)(H,57,71)(H,58,67)(H,59,68)(H,60,72)(H,63,64)(H,65,66)(H,76,77)/t25-,26-,27-,28-,29-,30-,31-,32-,33-,37-,38-,39-/m0/s1. The molecule has 0 heterocycles. The molecule has 10 amide bonds. The largest absolute Gasteiger partial charge is 0.481 e. The molecule has 0 aliphatic rings. The summed E-state index contributed by atoms with van der Waals surface area (Å²) in [4.78, 5) is 168. The molecule has 0 fully saturated rings. The van der Waals surface area contributed by atoms with Crippen LogP contribution in [0, 0.1) is 29.6 Å². The van der Waals surface area contributed by atoms with Gasteiger partial charge in [-0.05, 0) is 62.2 Å². The second kappa shape index (κ2) is 34.6. The Morgan fingerprint density at radius 2 is 0.792 bits per heavy atom. The number of aliphatic hydroxyl groups excluding tert-OH is 1. The van der Waals surface area contributed by atoms with E-state index in [4.69, 9.17) is 16.6 Å². The third kappa shape index (κ3) is 26.1. The van der Waals surface area contributed by atoms with Crippen LogP contribution in [0.15, 0.2) is 0 Å². The van der Waals surface area contributed by atoms with Gasteiger partial charge in [-0.2, -0.15) is 0 Å². The highest BCUT2D eigenvalue weighted by atomic mass is 16.4. The van der Waals surface area contributed by atoms with Crippen molar-refractivity contribution < 1.29 is 82.8 Å². The molecule has 0 radical (unpaired) electrons. The van der Waals surface area contributed by atoms with Gasteiger partial charge in [0, 0.05) is 12.8 Å². The lowest BCUT2D eigenvalue weighted by molar-refractivity contribution is -0.144. The second-order valence-electron chi connectivity index (χ2n) is 20.4. The molecule has 0 saturated carbocycles. The molecular formula is C49H85N11O17. The van der Waals surface area contributed by atoms with Crippen molar-refractivity contribution in [3.8, 4) is 0 Å². The van der Waals surface area contributed by atoms with Gasteiger partial charge >= 0.3 is 17.9 Å². The van der Waals surface area contributed by atoms with Gasteiger partial charge in [0.05, 0.1) is 19.1 Å². The van der Waals surface area contributed by atoms with Gasteiger partial charge in [-0.25, -0.2) is 4.79 Å². The molecule has 0 saturated heterocycles. The maximum atomic E-state index is 13.9. The first-order chi connectivity index (χ1) is 35.7. The summed E-state index contributed by atoms with van der Waals surface area (Å²) in [6, 6.07) is -14.4. The first-order valence-electron chi connectivity index (χ1n) is 25.8. The molecule has 0 aromatic carbocycles. The number of hydrogen-bond donors (Lipinski definition) is 15. The van der Waals surface area contributed by atoms with Gasteiger partial charge in [0.1, 0.15) is 54.4 Å². The molecule has 0 rings (SSSR count). The molecular weight excluding hydrogens is 1010 g/mol. The van der Waals surface area contributed by atoms with Gasteiger partial charge in [-0.15, -0.1) is 0 Å². The highest BCUT2D eigenvalue weighted by molar-refractivity contribution is 5.99. The maximum absolute atomic E-state index is 13.9. The Kier molecular flexibility index (Phi) is 31.5. The van der Waals surface area contributed by atoms with Gasteiger partial charge < -0.3 is 79.7 Å². The van der Waals surface area contributed by atoms with Gasteiger partial charge in [0.25, 0.3) is 0 Å². The van der Waals surface area contributed by atoms with E-state index in [1.807, 2.05) is 0 Å². The minimum Gasteiger partial charge on any atom is -0.481 e. The average Bonchev–Trinajstić information content (AvgIpc) is 3.33. The van der Waals surface area contributed by atoms with Crippen molar-refractivity contribution in [1.29, 1.82) is 0 Å². The van der Waals surface area contributed by atoms with Gasteiger partial charge in [0.2, 0.25) is 59.1 Å². The van der Waals surface area contributed by atoms with E-state index in [2.05, 4.69) is 47.9 Å². The molecule has 438 valence electrons. The SMILES string of the molecule is CC[C@H](C)[C@H](NC(=O)[C@H](CO)NC(=O)[C@H](CC(C)C)NC(=O)[C@@H](NC(=O)[C@H](C)NC(=O)[C@H](CCC(=O)O)NC(=O)[C@@H](NC(=O)[C@@H](N)CCC(=O)O)[C@@H](C)CC)C(C)C)C(=O)N[C@@H](CC(C)C)C(=O)N[C@@H](CC(N)=O)C(=O)O. The molecule has 0 unspecified atom stereocenters. The van der Waals surface area contributed by atoms with E-state index in [9.17, 15) is 77.6 Å². The third-order valence-electron chi connectivity index (χ3n) is 12.4. The van der Waals surface area contributed by atoms with Crippen molar-refractivity contribution in [3.05, 3.63) is 0 Å². The fraction of sp³-hybridized carbons (Fsp3) is 0.735. The van der Waals surface area contributed by atoms with Crippen LogP contribution >= 0.6 is 0 Å². The first kappa shape index (κ1) is 70.0. The molecule has 28 heteroatoms. The number of carbonyl (C=O) groups excluding carboxylic acids is 10. The molecule has 0 aliphatic carbocycles. The fourth-order valence-electron chi connectivity index (χ4n) is 7.39. The van der Waals surface area contributed by atoms with Crippen LogP contribution < -0.4 is 59.3 Å². The van der Waals surface area contributed by atoms with Crippen molar-refractivity contribution in [2.45, 2.75) is 194 Å². The topological polar surface area (TPSA) is 463 Å². The third-order valence-corrected chi connectivity index (χ3v) is 12.4. The Bertz CT molecular complexity index is 2070. The minimum atomic E-state index is -1.70. The van der Waals surface area contributed by atoms with E-state index in [0.29, 0.717) is 12.8 Å². The van der Waals surface area contributed by atoms with E-state index in [-0.39, 0.29) is 31.1 Å². The second-order valence-corrected chi connectivity index (χ2v) is 20.4. The number of aliphatic carboxylic acids is 3. The fourth-order valence-corrected chi connectivity index (χ4v) is 7.39. The number of primary amides is 1. The average molecular weight is 1100 g/mol. The van der Waals surface area contributed by atoms with Crippen molar-refractivity contribution in [2.75, 3.05) is 6.61 Å². The first-order valence-corrected chi connectivity index (χ1v) is 25.8. The maximum Gasteiger partial charge on any atom is 0.326 e. The molecule has 0 spiro atoms. The van der Waals surface area contributed by atoms with Crippen LogP contribution in [-0.4, -0.2) is 164 Å². The summed E-state index contributed by atoms with van der Waals surface area (Å²) in [5.74, 6) is -15.7. The highest BCUT2D eigenvalue weighted by Crippen LogP contribution is 2.15. The smallest absolute Gasteiger partial charge is 0.326 e. The van der Waals surface area contributed by atoms with Gasteiger partial charge in [-0.3, -0.25) is 57.5 Å². The van der Waals surface area contributed by atoms with Crippen LogP contribution in [0.25, 0.3) is 0 Å². The lowest BCUT2D eigenvalue weighted by Crippen LogP contribution is -2.62. The number of aliphatic hydroxyl groups is 1. The molecule has 77 heavy (non-hydrogen) atoms. The van der Waals surface area contributed by atoms with Crippen molar-refractivity contribution in [1.82, 2.24) is 47.9 Å². The molecule has 0 bridgehead atoms. The lowest BCUT2D eigenvalue weighted by atomic mass is 9.96. The molecule has 0 aromatic heterocycles. The minimum absolute atomic E-state index is 0.0105. The van der Waals surface area contributed by atoms with E-state index in [1.165, 1.54) is 6.92 Å². The lowest BCUT2D eigenvalue weighted by Gasteiger charge is -2.30. The number of nitrogens with two attached hydrogens (primary N) is 2. The van der Waals surface area contributed by atoms with Crippen LogP contribution in [-0.2, 0) is 62.3 Å². The summed E-state index contributed by atoms with van der Waals surface area (Å²) >= 11 is 0. The predicted octanol–water partition coefficient (Wildman–Crippen LogP) is -2.78. The number of amides is 10. The van der Waals surface area contributed by atoms with Crippen molar-refractivity contribution >= 4 is 77.0 Å². The number of carbonyl (C=O) groups is 13. The zero-order valence-corrected chi connectivity index (χ0v) is 46.0. The number of nitrogens with one attached hydrogen (secondary N) is 9. The summed E-state index contributed by atoms with van der Waals surface area (Å²) < 4.78 is 0. The quantitative estimate of drug-likeness (QED) is 0.0299. The van der Waals surface area contributed by atoms with Gasteiger partial charge in [-0.1, -0.05) is 82.1 Å². The summed E-state index contributed by atoms with van der Waals surface area (Å²) in [5.41, 5.74) is 11.0. The highest BCUT2D eigenvalue weighted by Gasteiger charge is 2.37. The van der Waals surface area contributed by atoms with Crippen LogP contribution in [0.4, 0.5) is 0 Å². The van der Waals surface area contributed by atoms with E-state index < -0.39 is 187 Å². The van der Waals surface area contributed by atoms with Crippen LogP contribution in [0.2, 0.25) is 0 Å². The Balaban J connectivity index is 6.36. The van der Waals surface area contributed by atoms with E-state index in [1.54, 1.807) is 69.2 Å². The van der Waals surface area contributed by atoms with E-state index >= 15 is 0 Å². The summed E-state index contributed by atoms with van der Waals surface area (Å²) in [5, 5.41) is 60.2. The Morgan fingerprint density at radius 1 is 0.429 bits per heavy atom. The van der Waals surface area contributed by atoms with Crippen molar-refractivity contribution in [2.24, 2.45) is 41.1 Å². The molecule has 12 atom stereocenters. The zero-order valence-electron chi connectivity index (χ0n) is 46.0. The molecule has 0 aromatic rings. The Hall–Kier alpha value is -6.97. The molecule has 17 N–H and O–H groups in total. The Morgan fingerprint density at radius 3 is 1.18 bits per heavy atom. The van der Waals surface area contributed by atoms with Crippen LogP contribution in [0.1, 0.15) is 134 Å². The normalized spacial score (nSPS) is 15.9. The zero-order chi connectivity index (χ0) is 59.6. The number of carboxylic acid groups (broad SMARTS) is 3. The Labute approximate surface area is 448 Å². The molecule has 28 nitrogen and oxygen atoms in total. The molecule has 0 aliphatic heterocycles. The summed E-state index contributed by atoms with van der Waals surface area (Å²) in [6.45, 7) is 16.9. The predicted molar refractivity (Wildman–Crippen MR) is 276 cm³/mol. The number of hydrogen-bond acceptors (Lipinski definition) is 15.